The van der Waals surface area contributed by atoms with E-state index < -0.39 is 47.9 Å². The lowest BCUT2D eigenvalue weighted by atomic mass is 9.58. The second kappa shape index (κ2) is 10.6. The van der Waals surface area contributed by atoms with E-state index in [-0.39, 0.29) is 54.5 Å². The summed E-state index contributed by atoms with van der Waals surface area (Å²) in [6.07, 6.45) is 5.17. The minimum atomic E-state index is -0.854. The molecule has 4 bridgehead atoms. The highest BCUT2D eigenvalue weighted by molar-refractivity contribution is 5.80. The van der Waals surface area contributed by atoms with Crippen molar-refractivity contribution in [3.63, 3.8) is 0 Å². The van der Waals surface area contributed by atoms with Gasteiger partial charge in [0.1, 0.15) is 13.2 Å². The number of hydrogen-bond donors (Lipinski definition) is 0. The molecule has 11 nitrogen and oxygen atoms in total. The summed E-state index contributed by atoms with van der Waals surface area (Å²) in [5.41, 5.74) is -1.32. The molecular weight excluding hydrogens is 572 g/mol. The van der Waals surface area contributed by atoms with Gasteiger partial charge in [0.15, 0.2) is 42.1 Å². The first-order chi connectivity index (χ1) is 21.0. The largest absolute Gasteiger partial charge is 0.344 e. The third-order valence-corrected chi connectivity index (χ3v) is 13.0. The molecule has 8 heterocycles. The van der Waals surface area contributed by atoms with Gasteiger partial charge in [0.2, 0.25) is 11.6 Å². The average molecular weight is 623 g/mol. The predicted octanol–water partition coefficient (Wildman–Crippen LogP) is 5.00. The molecular formula is C33H50O11. The molecule has 10 fully saturated rings. The van der Waals surface area contributed by atoms with Gasteiger partial charge in [0, 0.05) is 36.5 Å². The second-order valence-electron chi connectivity index (χ2n) is 15.7. The van der Waals surface area contributed by atoms with Gasteiger partial charge >= 0.3 is 0 Å². The Morgan fingerprint density at radius 3 is 1.48 bits per heavy atom. The van der Waals surface area contributed by atoms with Crippen LogP contribution in [0.25, 0.3) is 0 Å². The lowest BCUT2D eigenvalue weighted by molar-refractivity contribution is -0.577. The molecule has 16 atom stereocenters. The van der Waals surface area contributed by atoms with Gasteiger partial charge in [-0.1, -0.05) is 27.7 Å². The molecule has 10 aliphatic rings. The molecule has 2 saturated carbocycles. The zero-order valence-electron chi connectivity index (χ0n) is 27.0. The van der Waals surface area contributed by atoms with Crippen molar-refractivity contribution in [2.24, 2.45) is 47.3 Å². The molecule has 0 aromatic carbocycles. The second-order valence-corrected chi connectivity index (χ2v) is 15.7. The molecule has 0 amide bonds. The molecule has 8 aliphatic heterocycles. The molecule has 0 radical (unpaired) electrons. The minimum absolute atomic E-state index is 0.00413. The number of ketones is 1. The number of Topliss-reactive ketones (excluding diaryl/α,β-unsaturated/α-hetero) is 1. The third kappa shape index (κ3) is 4.40. The van der Waals surface area contributed by atoms with E-state index in [1.807, 2.05) is 13.8 Å². The van der Waals surface area contributed by atoms with Gasteiger partial charge in [-0.05, 0) is 76.0 Å². The van der Waals surface area contributed by atoms with E-state index in [1.165, 1.54) is 0 Å². The van der Waals surface area contributed by atoms with E-state index in [1.54, 1.807) is 0 Å². The minimum Gasteiger partial charge on any atom is -0.344 e. The molecule has 11 heteroatoms. The van der Waals surface area contributed by atoms with Gasteiger partial charge in [-0.15, -0.1) is 0 Å². The van der Waals surface area contributed by atoms with E-state index in [0.717, 1.165) is 51.4 Å². The number of rotatable bonds is 6. The first-order valence-corrected chi connectivity index (χ1v) is 17.1. The normalized spacial score (nSPS) is 57.6. The van der Waals surface area contributed by atoms with Crippen LogP contribution < -0.4 is 0 Å². The van der Waals surface area contributed by atoms with Crippen LogP contribution in [0.15, 0.2) is 0 Å². The van der Waals surface area contributed by atoms with E-state index in [2.05, 4.69) is 27.7 Å². The number of ether oxygens (including phenoxy) is 6. The summed E-state index contributed by atoms with van der Waals surface area (Å²) in [5, 5.41) is 0. The zero-order valence-corrected chi connectivity index (χ0v) is 27.0. The molecule has 0 aromatic heterocycles. The predicted molar refractivity (Wildman–Crippen MR) is 151 cm³/mol. The Labute approximate surface area is 260 Å². The van der Waals surface area contributed by atoms with E-state index in [4.69, 9.17) is 48.0 Å². The summed E-state index contributed by atoms with van der Waals surface area (Å²) < 4.78 is 38.1. The smallest absolute Gasteiger partial charge is 0.201 e. The highest BCUT2D eigenvalue weighted by atomic mass is 17.3. The molecule has 0 aromatic rings. The van der Waals surface area contributed by atoms with Gasteiger partial charge in [0.25, 0.3) is 0 Å². The van der Waals surface area contributed by atoms with Crippen molar-refractivity contribution in [1.82, 2.24) is 0 Å². The number of fused-ring (bicyclic) bond motifs is 4. The maximum atomic E-state index is 13.2. The number of carbonyl (C=O) groups excluding carboxylic acids is 1. The molecule has 10 rings (SSSR count). The van der Waals surface area contributed by atoms with E-state index in [9.17, 15) is 4.79 Å². The summed E-state index contributed by atoms with van der Waals surface area (Å²) in [4.78, 5) is 37.4. The Morgan fingerprint density at radius 1 is 0.614 bits per heavy atom. The van der Waals surface area contributed by atoms with Crippen LogP contribution in [0.2, 0.25) is 0 Å². The van der Waals surface area contributed by atoms with Crippen molar-refractivity contribution in [2.75, 3.05) is 13.2 Å². The lowest BCUT2D eigenvalue weighted by Crippen LogP contribution is -2.70. The van der Waals surface area contributed by atoms with Crippen LogP contribution in [0.1, 0.15) is 92.9 Å². The Kier molecular flexibility index (Phi) is 7.40. The SMILES string of the molecule is C[C@@H]1CC[C@H]2[C@@H](C)C(OCC(=O)COC3O[C@@H]4O[C@]5(C)CC[C@@H]6[C@@H](C)CC[C@H]([C@@H]3C)[C@]46OO5)O[C@H]3O[C@@]4(C)CC[C@@H]1[C@]32OO4. The van der Waals surface area contributed by atoms with Gasteiger partial charge < -0.3 is 28.4 Å². The van der Waals surface area contributed by atoms with Crippen LogP contribution in [0.3, 0.4) is 0 Å². The van der Waals surface area contributed by atoms with Crippen LogP contribution in [0.4, 0.5) is 0 Å². The highest BCUT2D eigenvalue weighted by Crippen LogP contribution is 2.62. The van der Waals surface area contributed by atoms with Crippen molar-refractivity contribution in [2.45, 2.75) is 141 Å². The topological polar surface area (TPSA) is 109 Å². The van der Waals surface area contributed by atoms with Crippen LogP contribution in [-0.2, 0) is 52.8 Å². The summed E-state index contributed by atoms with van der Waals surface area (Å²) in [6.45, 7) is 12.4. The van der Waals surface area contributed by atoms with Crippen molar-refractivity contribution in [3.8, 4) is 0 Å². The molecule has 8 saturated heterocycles. The highest BCUT2D eigenvalue weighted by Gasteiger charge is 2.71. The quantitative estimate of drug-likeness (QED) is 0.373. The summed E-state index contributed by atoms with van der Waals surface area (Å²) >= 11 is 0. The maximum Gasteiger partial charge on any atom is 0.201 e. The van der Waals surface area contributed by atoms with Crippen LogP contribution in [-0.4, -0.2) is 66.9 Å². The summed E-state index contributed by atoms with van der Waals surface area (Å²) in [5.74, 6) is -0.0998. The maximum absolute atomic E-state index is 13.2. The Morgan fingerprint density at radius 2 is 1.05 bits per heavy atom. The lowest BCUT2D eigenvalue weighted by Gasteiger charge is -2.60. The summed E-state index contributed by atoms with van der Waals surface area (Å²) in [7, 11) is 0. The van der Waals surface area contributed by atoms with Crippen LogP contribution in [0, 0.1) is 47.3 Å². The Hall–Kier alpha value is -0.730. The third-order valence-electron chi connectivity index (χ3n) is 13.0. The fourth-order valence-electron chi connectivity index (χ4n) is 10.5. The van der Waals surface area contributed by atoms with Gasteiger partial charge in [0.05, 0.1) is 0 Å². The molecule has 0 N–H and O–H groups in total. The zero-order chi connectivity index (χ0) is 30.6. The Balaban J connectivity index is 0.917. The Bertz CT molecular complexity index is 1050. The molecule has 248 valence electrons. The van der Waals surface area contributed by atoms with Gasteiger partial charge in [-0.2, -0.15) is 0 Å². The standard InChI is InChI=1S/C33H50O11/c1-17-7-9-24-19(3)26(37-28-32(24)22(17)11-13-30(5,39-28)41-43-32)35-15-21(34)16-36-27-20(4)25-10-8-18(2)23-12-14-31(6)40-29(38-27)33(23,25)44-42-31/h17-20,22-29H,7-16H2,1-6H3/t17-,18+,19-,20+,22+,23-,24+,25-,26?,27?,28+,29-,30-,31+,32-,33+. The van der Waals surface area contributed by atoms with Crippen molar-refractivity contribution in [1.29, 1.82) is 0 Å². The fraction of sp³-hybridized carbons (Fsp3) is 0.970. The molecule has 2 unspecified atom stereocenters. The van der Waals surface area contributed by atoms with Crippen LogP contribution >= 0.6 is 0 Å². The molecule has 44 heavy (non-hydrogen) atoms. The van der Waals surface area contributed by atoms with Crippen molar-refractivity contribution in [3.05, 3.63) is 0 Å². The van der Waals surface area contributed by atoms with Crippen LogP contribution in [0.5, 0.6) is 0 Å². The van der Waals surface area contributed by atoms with Gasteiger partial charge in [-0.25, -0.2) is 19.6 Å². The van der Waals surface area contributed by atoms with E-state index in [0.29, 0.717) is 11.8 Å². The fourth-order valence-corrected chi connectivity index (χ4v) is 10.5. The van der Waals surface area contributed by atoms with Gasteiger partial charge in [-0.3, -0.25) is 4.79 Å². The monoisotopic (exact) mass is 622 g/mol. The van der Waals surface area contributed by atoms with Crippen molar-refractivity contribution >= 4 is 5.78 Å². The molecule has 2 aliphatic carbocycles. The van der Waals surface area contributed by atoms with E-state index >= 15 is 0 Å². The number of carbonyl (C=O) groups is 1. The number of hydrogen-bond acceptors (Lipinski definition) is 11. The first kappa shape index (κ1) is 30.6. The molecule has 2 spiro atoms. The average Bonchev–Trinajstić information content (AvgIpc) is 3.37. The first-order valence-electron chi connectivity index (χ1n) is 17.1. The summed E-state index contributed by atoms with van der Waals surface area (Å²) in [6, 6.07) is 0. The van der Waals surface area contributed by atoms with Crippen molar-refractivity contribution < 1.29 is 52.8 Å².